The van der Waals surface area contributed by atoms with Gasteiger partial charge >= 0.3 is 0 Å². The Labute approximate surface area is 224 Å². The number of aromatic nitrogens is 2. The number of carbonyl (C=O) groups is 1. The van der Waals surface area contributed by atoms with E-state index in [9.17, 15) is 4.79 Å². The van der Waals surface area contributed by atoms with Crippen LogP contribution in [0.4, 0.5) is 5.69 Å². The minimum Gasteiger partial charge on any atom is -0.358 e. The Morgan fingerprint density at radius 2 is 1.82 bits per heavy atom. The number of hydrogen-bond acceptors (Lipinski definition) is 8. The van der Waals surface area contributed by atoms with E-state index in [0.717, 1.165) is 31.5 Å². The molecule has 1 aromatic carbocycles. The van der Waals surface area contributed by atoms with Gasteiger partial charge in [-0.25, -0.2) is 4.98 Å². The molecular formula is C28H40N4O6. The summed E-state index contributed by atoms with van der Waals surface area (Å²) in [6, 6.07) is 8.25. The lowest BCUT2D eigenvalue weighted by molar-refractivity contribution is -0.203. The number of aryl methyl sites for hydroxylation is 2. The van der Waals surface area contributed by atoms with Crippen LogP contribution in [0.5, 0.6) is 0 Å². The number of ether oxygens (including phenoxy) is 5. The first-order valence-electron chi connectivity index (χ1n) is 13.6. The molecule has 4 heterocycles. The number of hydrogen-bond donors (Lipinski definition) is 2. The molecule has 5 atom stereocenters. The average Bonchev–Trinajstić information content (AvgIpc) is 3.63. The van der Waals surface area contributed by atoms with Crippen molar-refractivity contribution in [3.63, 3.8) is 0 Å². The van der Waals surface area contributed by atoms with Crippen molar-refractivity contribution in [2.75, 3.05) is 18.5 Å². The maximum atomic E-state index is 12.1. The molecular weight excluding hydrogens is 488 g/mol. The Morgan fingerprint density at radius 1 is 1.03 bits per heavy atom. The van der Waals surface area contributed by atoms with Crippen molar-refractivity contribution in [3.8, 4) is 0 Å². The molecule has 2 N–H and O–H groups in total. The van der Waals surface area contributed by atoms with E-state index in [1.54, 1.807) is 12.5 Å². The van der Waals surface area contributed by atoms with Crippen LogP contribution >= 0.6 is 0 Å². The molecule has 3 fully saturated rings. The zero-order valence-corrected chi connectivity index (χ0v) is 22.7. The molecule has 1 aromatic heterocycles. The molecule has 0 spiro atoms. The largest absolute Gasteiger partial charge is 0.358 e. The number of fused-ring (bicyclic) bond motifs is 1. The van der Waals surface area contributed by atoms with E-state index in [1.165, 1.54) is 5.56 Å². The Kier molecular flexibility index (Phi) is 8.06. The Morgan fingerprint density at radius 3 is 2.53 bits per heavy atom. The number of benzene rings is 1. The fourth-order valence-electron chi connectivity index (χ4n) is 5.30. The smallest absolute Gasteiger partial charge is 0.220 e. The van der Waals surface area contributed by atoms with Crippen molar-refractivity contribution in [1.29, 1.82) is 0 Å². The van der Waals surface area contributed by atoms with Crippen molar-refractivity contribution >= 4 is 11.6 Å². The predicted molar refractivity (Wildman–Crippen MR) is 140 cm³/mol. The van der Waals surface area contributed by atoms with Crippen molar-refractivity contribution in [3.05, 3.63) is 48.5 Å². The Bertz CT molecular complexity index is 1060. The highest BCUT2D eigenvalue weighted by molar-refractivity contribution is 5.75. The van der Waals surface area contributed by atoms with Crippen LogP contribution < -0.4 is 10.6 Å². The van der Waals surface area contributed by atoms with Gasteiger partial charge in [-0.15, -0.1) is 0 Å². The number of nitrogens with zero attached hydrogens (tertiary/aromatic N) is 2. The molecule has 0 aliphatic carbocycles. The lowest BCUT2D eigenvalue weighted by atomic mass is 10.1. The summed E-state index contributed by atoms with van der Waals surface area (Å²) in [5, 5.41) is 6.47. The zero-order valence-electron chi connectivity index (χ0n) is 22.7. The van der Waals surface area contributed by atoms with Gasteiger partial charge in [0, 0.05) is 37.6 Å². The maximum absolute atomic E-state index is 12.1. The summed E-state index contributed by atoms with van der Waals surface area (Å²) in [7, 11) is 0. The number of anilines is 1. The second kappa shape index (κ2) is 11.3. The normalized spacial score (nSPS) is 29.3. The maximum Gasteiger partial charge on any atom is 0.220 e. The molecule has 10 heteroatoms. The summed E-state index contributed by atoms with van der Waals surface area (Å²) in [5.41, 5.74) is 2.12. The molecule has 0 radical (unpaired) electrons. The molecule has 3 aliphatic heterocycles. The second-order valence-corrected chi connectivity index (χ2v) is 11.2. The standard InChI is InChI=1S/C28H40N4O6/c1-27(2)34-17-21(36-27)23-24-25(38-28(3,4)37-24)26(35-23)31-20-11-9-19(10-12-20)7-5-8-22(33)30-13-6-15-32-16-14-29-18-32/h9-12,14,16,18,21,23-26,31H,5-8,13,15,17H2,1-4H3,(H,30,33)/t21?,23?,24-,25-,26?/m0/s1. The van der Waals surface area contributed by atoms with Crippen LogP contribution in [0, 0.1) is 0 Å². The number of rotatable bonds is 11. The van der Waals surface area contributed by atoms with E-state index < -0.39 is 11.6 Å². The summed E-state index contributed by atoms with van der Waals surface area (Å²) >= 11 is 0. The lowest BCUT2D eigenvalue weighted by Gasteiger charge is -2.27. The van der Waals surface area contributed by atoms with Crippen LogP contribution in [0.3, 0.4) is 0 Å². The first kappa shape index (κ1) is 27.1. The molecule has 208 valence electrons. The fraction of sp³-hybridized carbons (Fsp3) is 0.643. The summed E-state index contributed by atoms with van der Waals surface area (Å²) in [5.74, 6) is -1.23. The molecule has 10 nitrogen and oxygen atoms in total. The first-order valence-corrected chi connectivity index (χ1v) is 13.6. The van der Waals surface area contributed by atoms with Gasteiger partial charge in [-0.2, -0.15) is 0 Å². The molecule has 3 aliphatic rings. The average molecular weight is 529 g/mol. The van der Waals surface area contributed by atoms with Crippen LogP contribution in [-0.4, -0.2) is 70.8 Å². The minimum absolute atomic E-state index is 0.0955. The highest BCUT2D eigenvalue weighted by atomic mass is 16.8. The van der Waals surface area contributed by atoms with Gasteiger partial charge in [0.1, 0.15) is 24.4 Å². The van der Waals surface area contributed by atoms with Crippen LogP contribution in [0.25, 0.3) is 0 Å². The highest BCUT2D eigenvalue weighted by Gasteiger charge is 2.59. The molecule has 2 aromatic rings. The van der Waals surface area contributed by atoms with Crippen LogP contribution in [0.2, 0.25) is 0 Å². The van der Waals surface area contributed by atoms with E-state index in [2.05, 4.69) is 27.8 Å². The van der Waals surface area contributed by atoms with Gasteiger partial charge in [0.25, 0.3) is 0 Å². The topological polar surface area (TPSA) is 105 Å². The van der Waals surface area contributed by atoms with Gasteiger partial charge in [-0.1, -0.05) is 12.1 Å². The van der Waals surface area contributed by atoms with Crippen LogP contribution in [0.15, 0.2) is 43.0 Å². The van der Waals surface area contributed by atoms with Gasteiger partial charge in [0.15, 0.2) is 17.8 Å². The zero-order chi connectivity index (χ0) is 26.8. The summed E-state index contributed by atoms with van der Waals surface area (Å²) < 4.78 is 32.6. The number of nitrogens with one attached hydrogen (secondary N) is 2. The van der Waals surface area contributed by atoms with Gasteiger partial charge in [0.2, 0.25) is 5.91 Å². The third kappa shape index (κ3) is 6.73. The minimum atomic E-state index is -0.692. The van der Waals surface area contributed by atoms with Crippen LogP contribution in [0.1, 0.15) is 52.5 Å². The highest BCUT2D eigenvalue weighted by Crippen LogP contribution is 2.42. The van der Waals surface area contributed by atoms with E-state index in [-0.39, 0.29) is 36.6 Å². The summed E-state index contributed by atoms with van der Waals surface area (Å²) in [6.45, 7) is 9.64. The first-order chi connectivity index (χ1) is 18.2. The van der Waals surface area contributed by atoms with Crippen molar-refractivity contribution in [2.45, 2.75) is 102 Å². The molecule has 0 saturated carbocycles. The molecule has 1 amide bonds. The predicted octanol–water partition coefficient (Wildman–Crippen LogP) is 3.22. The molecule has 5 rings (SSSR count). The third-order valence-corrected chi connectivity index (χ3v) is 7.09. The fourth-order valence-corrected chi connectivity index (χ4v) is 5.30. The third-order valence-electron chi connectivity index (χ3n) is 7.09. The van der Waals surface area contributed by atoms with E-state index in [1.807, 2.05) is 50.6 Å². The summed E-state index contributed by atoms with van der Waals surface area (Å²) in [6.07, 6.45) is 7.12. The van der Waals surface area contributed by atoms with E-state index >= 15 is 0 Å². The van der Waals surface area contributed by atoms with Gasteiger partial charge in [-0.05, 0) is 64.7 Å². The Hall–Kier alpha value is -2.50. The quantitative estimate of drug-likeness (QED) is 0.429. The van der Waals surface area contributed by atoms with Crippen molar-refractivity contribution in [2.24, 2.45) is 0 Å². The monoisotopic (exact) mass is 528 g/mol. The summed E-state index contributed by atoms with van der Waals surface area (Å²) in [4.78, 5) is 16.2. The van der Waals surface area contributed by atoms with Gasteiger partial charge < -0.3 is 38.9 Å². The Balaban J connectivity index is 1.07. The number of imidazole rings is 1. The van der Waals surface area contributed by atoms with Crippen molar-refractivity contribution in [1.82, 2.24) is 14.9 Å². The molecule has 38 heavy (non-hydrogen) atoms. The second-order valence-electron chi connectivity index (χ2n) is 11.2. The lowest BCUT2D eigenvalue weighted by Crippen LogP contribution is -2.40. The van der Waals surface area contributed by atoms with E-state index in [0.29, 0.717) is 19.6 Å². The molecule has 0 bridgehead atoms. The molecule has 3 saturated heterocycles. The number of amides is 1. The van der Waals surface area contributed by atoms with Crippen molar-refractivity contribution < 1.29 is 28.5 Å². The van der Waals surface area contributed by atoms with Gasteiger partial charge in [0.05, 0.1) is 12.9 Å². The van der Waals surface area contributed by atoms with E-state index in [4.69, 9.17) is 23.7 Å². The number of carbonyl (C=O) groups excluding carboxylic acids is 1. The van der Waals surface area contributed by atoms with Gasteiger partial charge in [-0.3, -0.25) is 4.79 Å². The SMILES string of the molecule is CC1(C)OCC(C2OC(Nc3ccc(CCCC(=O)NCCCn4ccnc4)cc3)[C@H]3OC(C)(C)O[C@@H]23)O1. The van der Waals surface area contributed by atoms with Crippen LogP contribution in [-0.2, 0) is 41.4 Å². The molecule has 3 unspecified atom stereocenters.